The zero-order valence-corrected chi connectivity index (χ0v) is 19.4. The number of terminal acetylenes is 1. The predicted octanol–water partition coefficient (Wildman–Crippen LogP) is 2.55. The van der Waals surface area contributed by atoms with E-state index in [-0.39, 0.29) is 17.8 Å². The first kappa shape index (κ1) is 27.3. The summed E-state index contributed by atoms with van der Waals surface area (Å²) in [6, 6.07) is 1.24. The van der Waals surface area contributed by atoms with Gasteiger partial charge in [-0.3, -0.25) is 9.59 Å². The number of nitrogens with zero attached hydrogens (tertiary/aromatic N) is 2. The van der Waals surface area contributed by atoms with Crippen LogP contribution in [0.3, 0.4) is 0 Å². The fraction of sp³-hybridized carbons (Fsp3) is 0.652. The smallest absolute Gasteiger partial charge is 0.325 e. The van der Waals surface area contributed by atoms with E-state index in [9.17, 15) is 29.9 Å². The van der Waals surface area contributed by atoms with E-state index >= 15 is 0 Å². The van der Waals surface area contributed by atoms with Crippen molar-refractivity contribution in [3.05, 3.63) is 27.9 Å². The van der Waals surface area contributed by atoms with Crippen LogP contribution in [0.1, 0.15) is 76.7 Å². The lowest BCUT2D eigenvalue weighted by Crippen LogP contribution is -2.28. The Bertz CT molecular complexity index is 891. The van der Waals surface area contributed by atoms with Crippen molar-refractivity contribution in [1.82, 2.24) is 4.57 Å². The number of ether oxygens (including phenoxy) is 3. The fourth-order valence-corrected chi connectivity index (χ4v) is 4.02. The van der Waals surface area contributed by atoms with Gasteiger partial charge in [-0.25, -0.2) is 4.57 Å². The molecule has 2 unspecified atom stereocenters. The van der Waals surface area contributed by atoms with E-state index < -0.39 is 54.1 Å². The number of aliphatic hydroxyl groups is 2. The molecular weight excluding hydrogens is 448 g/mol. The molecule has 0 bridgehead atoms. The topological polar surface area (TPSA) is 150 Å². The number of hydrogen-bond acceptors (Lipinski definition) is 9. The molecule has 0 spiro atoms. The van der Waals surface area contributed by atoms with Gasteiger partial charge in [-0.15, -0.1) is 12.3 Å². The lowest BCUT2D eigenvalue weighted by molar-refractivity contribution is -0.393. The van der Waals surface area contributed by atoms with Gasteiger partial charge in [0.1, 0.15) is 18.4 Å². The third kappa shape index (κ3) is 7.55. The Labute approximate surface area is 198 Å². The van der Waals surface area contributed by atoms with Crippen LogP contribution >= 0.6 is 0 Å². The van der Waals surface area contributed by atoms with E-state index in [4.69, 9.17) is 20.6 Å². The van der Waals surface area contributed by atoms with Gasteiger partial charge in [0.05, 0.1) is 12.7 Å². The van der Waals surface area contributed by atoms with Gasteiger partial charge in [-0.2, -0.15) is 0 Å². The Kier molecular flexibility index (Phi) is 10.5. The van der Waals surface area contributed by atoms with Crippen molar-refractivity contribution in [2.24, 2.45) is 0 Å². The number of nitro groups is 1. The molecule has 5 atom stereocenters. The Hall–Kier alpha value is -2.94. The minimum Gasteiger partial charge on any atom is -0.458 e. The van der Waals surface area contributed by atoms with Crippen LogP contribution in [0.15, 0.2) is 12.3 Å². The lowest BCUT2D eigenvalue weighted by Gasteiger charge is -2.25. The third-order valence-corrected chi connectivity index (χ3v) is 5.57. The average Bonchev–Trinajstić information content (AvgIpc) is 3.37. The minimum atomic E-state index is -1.08. The molecule has 2 N–H and O–H groups in total. The molecule has 1 fully saturated rings. The second-order valence-corrected chi connectivity index (χ2v) is 8.25. The predicted molar refractivity (Wildman–Crippen MR) is 119 cm³/mol. The van der Waals surface area contributed by atoms with Gasteiger partial charge in [-0.1, -0.05) is 12.8 Å². The van der Waals surface area contributed by atoms with E-state index in [0.29, 0.717) is 19.3 Å². The lowest BCUT2D eigenvalue weighted by atomic mass is 10.0. The standard InChI is InChI=1S/C23H32N2O9/c1-4-5-6-7-8-9-10-19(32-15(2)27)23(33-16(3)28)17-11-21(25(30)31)24(13-17)22-12-18(29)20(14-26)34-22/h1,11,13,18-20,22-23,26,29H,5-10,12,14H2,2-3H3/t18-,19?,20+,22+,23?/m0/s1. The van der Waals surface area contributed by atoms with Crippen molar-refractivity contribution in [2.45, 2.75) is 89.4 Å². The van der Waals surface area contributed by atoms with Crippen LogP contribution in [0.5, 0.6) is 0 Å². The molecule has 11 heteroatoms. The number of unbranched alkanes of at least 4 members (excludes halogenated alkanes) is 4. The quantitative estimate of drug-likeness (QED) is 0.143. The number of carbonyl (C=O) groups is 2. The molecule has 1 aliphatic heterocycles. The molecule has 188 valence electrons. The summed E-state index contributed by atoms with van der Waals surface area (Å²) in [5.41, 5.74) is 0.256. The van der Waals surface area contributed by atoms with Crippen LogP contribution in [0.25, 0.3) is 0 Å². The van der Waals surface area contributed by atoms with E-state index in [2.05, 4.69) is 5.92 Å². The Balaban J connectivity index is 2.31. The fourth-order valence-electron chi connectivity index (χ4n) is 4.02. The molecule has 0 amide bonds. The normalized spacial score (nSPS) is 21.4. The molecule has 0 radical (unpaired) electrons. The highest BCUT2D eigenvalue weighted by molar-refractivity contribution is 5.67. The van der Waals surface area contributed by atoms with Crippen molar-refractivity contribution >= 4 is 17.8 Å². The maximum atomic E-state index is 11.9. The largest absolute Gasteiger partial charge is 0.458 e. The van der Waals surface area contributed by atoms with Gasteiger partial charge >= 0.3 is 17.8 Å². The first-order valence-electron chi connectivity index (χ1n) is 11.3. The summed E-state index contributed by atoms with van der Waals surface area (Å²) in [5.74, 6) is 1.02. The van der Waals surface area contributed by atoms with Crippen molar-refractivity contribution < 1.29 is 38.9 Å². The second kappa shape index (κ2) is 13.1. The molecule has 0 saturated carbocycles. The zero-order valence-electron chi connectivity index (χ0n) is 19.4. The highest BCUT2D eigenvalue weighted by Gasteiger charge is 2.41. The molecule has 11 nitrogen and oxygen atoms in total. The molecule has 1 saturated heterocycles. The number of aromatic nitrogens is 1. The molecule has 2 heterocycles. The number of rotatable bonds is 13. The van der Waals surface area contributed by atoms with E-state index in [1.54, 1.807) is 0 Å². The molecule has 0 aliphatic carbocycles. The van der Waals surface area contributed by atoms with Crippen molar-refractivity contribution in [1.29, 1.82) is 0 Å². The van der Waals surface area contributed by atoms with E-state index in [0.717, 1.165) is 19.3 Å². The highest BCUT2D eigenvalue weighted by Crippen LogP contribution is 2.37. The molecular formula is C23H32N2O9. The van der Waals surface area contributed by atoms with Crippen LogP contribution < -0.4 is 0 Å². The summed E-state index contributed by atoms with van der Waals surface area (Å²) in [5, 5.41) is 31.1. The Morgan fingerprint density at radius 1 is 1.29 bits per heavy atom. The average molecular weight is 481 g/mol. The maximum absolute atomic E-state index is 11.9. The summed E-state index contributed by atoms with van der Waals surface area (Å²) in [7, 11) is 0. The first-order chi connectivity index (χ1) is 16.2. The van der Waals surface area contributed by atoms with E-state index in [1.807, 2.05) is 0 Å². The number of carbonyl (C=O) groups excluding carboxylic acids is 2. The summed E-state index contributed by atoms with van der Waals surface area (Å²) in [6.45, 7) is 2.00. The third-order valence-electron chi connectivity index (χ3n) is 5.57. The second-order valence-electron chi connectivity index (χ2n) is 8.25. The summed E-state index contributed by atoms with van der Waals surface area (Å²) < 4.78 is 17.7. The monoisotopic (exact) mass is 480 g/mol. The molecule has 1 aromatic heterocycles. The van der Waals surface area contributed by atoms with Crippen molar-refractivity contribution in [3.63, 3.8) is 0 Å². The molecule has 0 aromatic carbocycles. The van der Waals surface area contributed by atoms with Gasteiger partial charge in [-0.05, 0) is 24.2 Å². The van der Waals surface area contributed by atoms with Crippen LogP contribution in [0.2, 0.25) is 0 Å². The van der Waals surface area contributed by atoms with Gasteiger partial charge in [0.15, 0.2) is 6.10 Å². The summed E-state index contributed by atoms with van der Waals surface area (Å²) in [4.78, 5) is 34.7. The minimum absolute atomic E-state index is 0.0312. The van der Waals surface area contributed by atoms with Gasteiger partial charge < -0.3 is 34.5 Å². The Morgan fingerprint density at radius 3 is 2.53 bits per heavy atom. The molecule has 34 heavy (non-hydrogen) atoms. The number of hydrogen-bond donors (Lipinski definition) is 2. The van der Waals surface area contributed by atoms with Crippen LogP contribution in [-0.2, 0) is 23.8 Å². The number of esters is 2. The van der Waals surface area contributed by atoms with Gasteiger partial charge in [0.2, 0.25) is 6.23 Å². The summed E-state index contributed by atoms with van der Waals surface area (Å²) >= 11 is 0. The zero-order chi connectivity index (χ0) is 25.3. The maximum Gasteiger partial charge on any atom is 0.325 e. The Morgan fingerprint density at radius 2 is 1.97 bits per heavy atom. The summed E-state index contributed by atoms with van der Waals surface area (Å²) in [6.07, 6.45) is 6.29. The van der Waals surface area contributed by atoms with Crippen LogP contribution in [0.4, 0.5) is 5.82 Å². The first-order valence-corrected chi connectivity index (χ1v) is 11.3. The van der Waals surface area contributed by atoms with Crippen molar-refractivity contribution in [3.8, 4) is 12.3 Å². The molecule has 1 aliphatic rings. The van der Waals surface area contributed by atoms with Crippen LogP contribution in [0, 0.1) is 22.5 Å². The van der Waals surface area contributed by atoms with Crippen molar-refractivity contribution in [2.75, 3.05) is 6.61 Å². The molecule has 2 rings (SSSR count). The number of aliphatic hydroxyl groups excluding tert-OH is 2. The van der Waals surface area contributed by atoms with Gasteiger partial charge in [0.25, 0.3) is 0 Å². The SMILES string of the molecule is C#CCCCCCCC(OC(C)=O)C(OC(C)=O)c1cc([N+](=O)[O-])n([C@H]2C[C@H](O)[C@@H](CO)O2)c1. The van der Waals surface area contributed by atoms with Crippen LogP contribution in [-0.4, -0.2) is 56.6 Å². The highest BCUT2D eigenvalue weighted by atomic mass is 16.6. The van der Waals surface area contributed by atoms with Gasteiger partial charge in [0, 0.05) is 38.3 Å². The van der Waals surface area contributed by atoms with E-state index in [1.165, 1.54) is 30.7 Å². The molecule has 1 aromatic rings.